The van der Waals surface area contributed by atoms with Gasteiger partial charge in [-0.05, 0) is 43.4 Å². The van der Waals surface area contributed by atoms with E-state index >= 15 is 0 Å². The molecule has 0 bridgehead atoms. The van der Waals surface area contributed by atoms with Crippen LogP contribution in [0, 0.1) is 5.92 Å². The van der Waals surface area contributed by atoms with Crippen molar-refractivity contribution < 1.29 is 19.5 Å². The molecule has 1 unspecified atom stereocenters. The summed E-state index contributed by atoms with van der Waals surface area (Å²) in [5, 5.41) is 14.6. The number of carboxylic acids is 1. The lowest BCUT2D eigenvalue weighted by atomic mass is 10.1. The van der Waals surface area contributed by atoms with Crippen LogP contribution in [0.15, 0.2) is 24.3 Å². The summed E-state index contributed by atoms with van der Waals surface area (Å²) in [4.78, 5) is 35.4. The first-order chi connectivity index (χ1) is 11.8. The number of halogens is 1. The summed E-state index contributed by atoms with van der Waals surface area (Å²) in [5.41, 5.74) is 0.320. The molecule has 0 aliphatic heterocycles. The van der Waals surface area contributed by atoms with Crippen LogP contribution in [0.5, 0.6) is 0 Å². The van der Waals surface area contributed by atoms with Crippen molar-refractivity contribution in [2.45, 2.75) is 45.6 Å². The average molecular weight is 369 g/mol. The Hall–Kier alpha value is -2.08. The third-order valence-electron chi connectivity index (χ3n) is 3.61. The molecular weight excluding hydrogens is 344 g/mol. The van der Waals surface area contributed by atoms with E-state index < -0.39 is 17.9 Å². The molecule has 2 amide bonds. The van der Waals surface area contributed by atoms with Gasteiger partial charge < -0.3 is 15.7 Å². The maximum atomic E-state index is 12.3. The van der Waals surface area contributed by atoms with Crippen molar-refractivity contribution in [1.29, 1.82) is 0 Å². The molecule has 1 aromatic carbocycles. The zero-order valence-electron chi connectivity index (χ0n) is 14.5. The summed E-state index contributed by atoms with van der Waals surface area (Å²) in [7, 11) is 0. The number of nitrogens with one attached hydrogen (secondary N) is 2. The number of amides is 2. The fourth-order valence-corrected chi connectivity index (χ4v) is 2.44. The van der Waals surface area contributed by atoms with Crippen LogP contribution in [0.25, 0.3) is 0 Å². The van der Waals surface area contributed by atoms with Gasteiger partial charge in [0.25, 0.3) is 5.91 Å². The molecule has 7 heteroatoms. The standard InChI is InChI=1S/C18H25ClN2O4/c1-12(2)5-4-10-20-18(25)15(8-9-16(22)23)21-17(24)13-6-3-7-14(19)11-13/h3,6-7,11-12,15H,4-5,8-10H2,1-2H3,(H,20,25)(H,21,24)(H,22,23). The molecule has 1 atom stereocenters. The molecule has 0 aliphatic carbocycles. The first-order valence-electron chi connectivity index (χ1n) is 8.35. The molecule has 0 saturated heterocycles. The first-order valence-corrected chi connectivity index (χ1v) is 8.73. The fourth-order valence-electron chi connectivity index (χ4n) is 2.25. The third-order valence-corrected chi connectivity index (χ3v) is 3.85. The van der Waals surface area contributed by atoms with Crippen molar-refractivity contribution in [2.24, 2.45) is 5.92 Å². The van der Waals surface area contributed by atoms with Gasteiger partial charge in [0.2, 0.25) is 5.91 Å². The molecule has 6 nitrogen and oxygen atoms in total. The molecule has 1 aromatic rings. The Labute approximate surface area is 152 Å². The van der Waals surface area contributed by atoms with Crippen molar-refractivity contribution in [1.82, 2.24) is 10.6 Å². The van der Waals surface area contributed by atoms with Gasteiger partial charge in [0.05, 0.1) is 0 Å². The zero-order valence-corrected chi connectivity index (χ0v) is 15.3. The predicted octanol–water partition coefficient (Wildman–Crippen LogP) is 2.86. The first kappa shape index (κ1) is 21.0. The number of aliphatic carboxylic acids is 1. The van der Waals surface area contributed by atoms with E-state index in [2.05, 4.69) is 24.5 Å². The highest BCUT2D eigenvalue weighted by molar-refractivity contribution is 6.31. The number of hydrogen-bond donors (Lipinski definition) is 3. The van der Waals surface area contributed by atoms with E-state index in [1.807, 2.05) is 0 Å². The summed E-state index contributed by atoms with van der Waals surface area (Å²) < 4.78 is 0. The fraction of sp³-hybridized carbons (Fsp3) is 0.500. The van der Waals surface area contributed by atoms with E-state index in [0.29, 0.717) is 23.0 Å². The van der Waals surface area contributed by atoms with Gasteiger partial charge in [-0.3, -0.25) is 14.4 Å². The van der Waals surface area contributed by atoms with Crippen LogP contribution >= 0.6 is 11.6 Å². The molecule has 0 heterocycles. The minimum absolute atomic E-state index is 0.0254. The molecule has 0 saturated carbocycles. The normalized spacial score (nSPS) is 11.8. The highest BCUT2D eigenvalue weighted by Crippen LogP contribution is 2.11. The maximum Gasteiger partial charge on any atom is 0.303 e. The summed E-state index contributed by atoms with van der Waals surface area (Å²) in [6, 6.07) is 5.44. The Balaban J connectivity index is 2.66. The number of benzene rings is 1. The minimum atomic E-state index is -1.02. The molecule has 0 fully saturated rings. The number of rotatable bonds is 10. The van der Waals surface area contributed by atoms with Crippen molar-refractivity contribution in [3.05, 3.63) is 34.9 Å². The van der Waals surface area contributed by atoms with Crippen LogP contribution in [0.1, 0.15) is 49.9 Å². The molecule has 25 heavy (non-hydrogen) atoms. The van der Waals surface area contributed by atoms with Gasteiger partial charge in [-0.2, -0.15) is 0 Å². The number of hydrogen-bond acceptors (Lipinski definition) is 3. The quantitative estimate of drug-likeness (QED) is 0.553. The van der Waals surface area contributed by atoms with Crippen molar-refractivity contribution in [3.63, 3.8) is 0 Å². The summed E-state index contributed by atoms with van der Waals surface area (Å²) in [6.45, 7) is 4.69. The highest BCUT2D eigenvalue weighted by atomic mass is 35.5. The molecule has 0 aromatic heterocycles. The van der Waals surface area contributed by atoms with Crippen LogP contribution in [0.4, 0.5) is 0 Å². The van der Waals surface area contributed by atoms with Gasteiger partial charge in [-0.25, -0.2) is 0 Å². The summed E-state index contributed by atoms with van der Waals surface area (Å²) in [5.74, 6) is -1.31. The van der Waals surface area contributed by atoms with E-state index in [1.165, 1.54) is 6.07 Å². The number of carbonyl (C=O) groups excluding carboxylic acids is 2. The monoisotopic (exact) mass is 368 g/mol. The van der Waals surface area contributed by atoms with Crippen molar-refractivity contribution in [2.75, 3.05) is 6.54 Å². The van der Waals surface area contributed by atoms with E-state index in [9.17, 15) is 14.4 Å². The maximum absolute atomic E-state index is 12.3. The van der Waals surface area contributed by atoms with Crippen molar-refractivity contribution in [3.8, 4) is 0 Å². The molecule has 138 valence electrons. The van der Waals surface area contributed by atoms with Crippen LogP contribution in [0.2, 0.25) is 5.02 Å². The van der Waals surface area contributed by atoms with E-state index in [0.717, 1.165) is 12.8 Å². The second-order valence-corrected chi connectivity index (χ2v) is 6.73. The molecule has 0 radical (unpaired) electrons. The number of carboxylic acid groups (broad SMARTS) is 1. The topological polar surface area (TPSA) is 95.5 Å². The van der Waals surface area contributed by atoms with Gasteiger partial charge in [0, 0.05) is 23.6 Å². The molecule has 3 N–H and O–H groups in total. The van der Waals surface area contributed by atoms with E-state index in [-0.39, 0.29) is 18.7 Å². The predicted molar refractivity (Wildman–Crippen MR) is 96.7 cm³/mol. The largest absolute Gasteiger partial charge is 0.481 e. The van der Waals surface area contributed by atoms with Gasteiger partial charge in [-0.15, -0.1) is 0 Å². The lowest BCUT2D eigenvalue weighted by molar-refractivity contribution is -0.137. The molecule has 0 aliphatic rings. The van der Waals surface area contributed by atoms with Crippen molar-refractivity contribution >= 4 is 29.4 Å². The van der Waals surface area contributed by atoms with Gasteiger partial charge in [0.1, 0.15) is 6.04 Å². The zero-order chi connectivity index (χ0) is 18.8. The molecular formula is C18H25ClN2O4. The molecule has 1 rings (SSSR count). The van der Waals surface area contributed by atoms with Crippen LogP contribution in [-0.4, -0.2) is 35.5 Å². The Morgan fingerprint density at radius 3 is 2.52 bits per heavy atom. The Morgan fingerprint density at radius 1 is 1.20 bits per heavy atom. The summed E-state index contributed by atoms with van der Waals surface area (Å²) in [6.07, 6.45) is 1.63. The van der Waals surface area contributed by atoms with Gasteiger partial charge >= 0.3 is 5.97 Å². The Kier molecular flexibility index (Phi) is 8.99. The smallest absolute Gasteiger partial charge is 0.303 e. The van der Waals surface area contributed by atoms with E-state index in [1.54, 1.807) is 18.2 Å². The molecule has 0 spiro atoms. The van der Waals surface area contributed by atoms with Crippen LogP contribution in [0.3, 0.4) is 0 Å². The van der Waals surface area contributed by atoms with Crippen LogP contribution < -0.4 is 10.6 Å². The lowest BCUT2D eigenvalue weighted by Gasteiger charge is -2.18. The van der Waals surface area contributed by atoms with Gasteiger partial charge in [0.15, 0.2) is 0 Å². The van der Waals surface area contributed by atoms with Gasteiger partial charge in [-0.1, -0.05) is 31.5 Å². The van der Waals surface area contributed by atoms with Crippen LogP contribution in [-0.2, 0) is 9.59 Å². The minimum Gasteiger partial charge on any atom is -0.481 e. The van der Waals surface area contributed by atoms with E-state index in [4.69, 9.17) is 16.7 Å². The highest BCUT2D eigenvalue weighted by Gasteiger charge is 2.22. The Morgan fingerprint density at radius 2 is 1.92 bits per heavy atom. The SMILES string of the molecule is CC(C)CCCNC(=O)C(CCC(=O)O)NC(=O)c1cccc(Cl)c1. The summed E-state index contributed by atoms with van der Waals surface area (Å²) >= 11 is 5.86. The second kappa shape index (κ2) is 10.7. The Bertz CT molecular complexity index is 604. The third kappa shape index (κ3) is 8.54. The lowest BCUT2D eigenvalue weighted by Crippen LogP contribution is -2.47. The average Bonchev–Trinajstić information content (AvgIpc) is 2.54. The number of carbonyl (C=O) groups is 3. The second-order valence-electron chi connectivity index (χ2n) is 6.30.